The van der Waals surface area contributed by atoms with Crippen LogP contribution in [-0.2, 0) is 4.79 Å². The number of nitrogens with zero attached hydrogens (tertiary/aromatic N) is 2. The molecule has 100 valence electrons. The second-order valence-corrected chi connectivity index (χ2v) is 5.16. The predicted molar refractivity (Wildman–Crippen MR) is 75.5 cm³/mol. The molecule has 1 aromatic rings. The van der Waals surface area contributed by atoms with E-state index in [0.717, 1.165) is 19.5 Å². The summed E-state index contributed by atoms with van der Waals surface area (Å²) in [5.41, 5.74) is 1.32. The van der Waals surface area contributed by atoms with E-state index in [2.05, 4.69) is 24.0 Å². The quantitative estimate of drug-likeness (QED) is 0.799. The highest BCUT2D eigenvalue weighted by Crippen LogP contribution is 2.16. The molecule has 1 atom stereocenters. The Kier molecular flexibility index (Phi) is 5.86. The van der Waals surface area contributed by atoms with Crippen molar-refractivity contribution in [1.82, 2.24) is 9.80 Å². The van der Waals surface area contributed by atoms with E-state index >= 15 is 0 Å². The minimum atomic E-state index is 0.245. The van der Waals surface area contributed by atoms with Gasteiger partial charge in [-0.3, -0.25) is 4.79 Å². The number of aryl methyl sites for hydroxylation is 1. The van der Waals surface area contributed by atoms with Crippen molar-refractivity contribution in [3.8, 4) is 0 Å². The van der Waals surface area contributed by atoms with Crippen LogP contribution in [0.25, 0.3) is 0 Å². The number of carbonyl (C=O) groups is 1. The van der Waals surface area contributed by atoms with Gasteiger partial charge >= 0.3 is 0 Å². The molecule has 3 heteroatoms. The first-order valence-electron chi connectivity index (χ1n) is 6.42. The van der Waals surface area contributed by atoms with E-state index in [9.17, 15) is 4.79 Å². The lowest BCUT2D eigenvalue weighted by atomic mass is 10.1. The van der Waals surface area contributed by atoms with Crippen LogP contribution in [0.3, 0.4) is 0 Å². The molecule has 1 amide bonds. The molecule has 0 aromatic heterocycles. The Morgan fingerprint density at radius 1 is 1.28 bits per heavy atom. The minimum Gasteiger partial charge on any atom is -0.345 e. The molecule has 1 unspecified atom stereocenters. The summed E-state index contributed by atoms with van der Waals surface area (Å²) in [5, 5.41) is 0. The Labute approximate surface area is 110 Å². The van der Waals surface area contributed by atoms with E-state index in [1.807, 2.05) is 44.2 Å². The molecular formula is C15H24N2O. The number of carbonyl (C=O) groups excluding carboxylic acids is 1. The lowest BCUT2D eigenvalue weighted by molar-refractivity contribution is -0.130. The summed E-state index contributed by atoms with van der Waals surface area (Å²) in [5.74, 6) is 0.550. The Bertz CT molecular complexity index is 362. The van der Waals surface area contributed by atoms with Crippen molar-refractivity contribution in [3.63, 3.8) is 0 Å². The van der Waals surface area contributed by atoms with Gasteiger partial charge in [0, 0.05) is 20.1 Å². The van der Waals surface area contributed by atoms with E-state index < -0.39 is 0 Å². The summed E-state index contributed by atoms with van der Waals surface area (Å²) in [6, 6.07) is 10.3. The summed E-state index contributed by atoms with van der Waals surface area (Å²) in [6.45, 7) is 3.90. The lowest BCUT2D eigenvalue weighted by Gasteiger charge is -2.14. The number of hydrogen-bond donors (Lipinski definition) is 0. The van der Waals surface area contributed by atoms with Crippen molar-refractivity contribution < 1.29 is 4.79 Å². The highest BCUT2D eigenvalue weighted by Gasteiger charge is 2.28. The molecule has 0 N–H and O–H groups in total. The van der Waals surface area contributed by atoms with Crippen LogP contribution >= 0.6 is 0 Å². The summed E-state index contributed by atoms with van der Waals surface area (Å²) in [4.78, 5) is 15.2. The molecule has 1 heterocycles. The van der Waals surface area contributed by atoms with Crippen molar-refractivity contribution in [1.29, 1.82) is 0 Å². The molecule has 1 aromatic carbocycles. The fourth-order valence-corrected chi connectivity index (χ4v) is 2.04. The Morgan fingerprint density at radius 2 is 1.89 bits per heavy atom. The lowest BCUT2D eigenvalue weighted by Crippen LogP contribution is -2.29. The second-order valence-electron chi connectivity index (χ2n) is 5.16. The topological polar surface area (TPSA) is 23.6 Å². The zero-order chi connectivity index (χ0) is 13.5. The van der Waals surface area contributed by atoms with Crippen molar-refractivity contribution >= 4 is 5.91 Å². The van der Waals surface area contributed by atoms with Crippen molar-refractivity contribution in [2.45, 2.75) is 13.3 Å². The van der Waals surface area contributed by atoms with Crippen LogP contribution in [-0.4, -0.2) is 49.9 Å². The Hall–Kier alpha value is -1.35. The third-order valence-corrected chi connectivity index (χ3v) is 3.06. The maximum Gasteiger partial charge on any atom is 0.226 e. The first-order chi connectivity index (χ1) is 8.50. The molecule has 2 rings (SSSR count). The fourth-order valence-electron chi connectivity index (χ4n) is 2.04. The number of likely N-dealkylation sites (tertiary alicyclic amines) is 1. The van der Waals surface area contributed by atoms with E-state index in [4.69, 9.17) is 0 Å². The van der Waals surface area contributed by atoms with E-state index in [1.165, 1.54) is 5.56 Å². The summed E-state index contributed by atoms with van der Waals surface area (Å²) in [7, 11) is 5.88. The summed E-state index contributed by atoms with van der Waals surface area (Å²) < 4.78 is 0. The zero-order valence-electron chi connectivity index (χ0n) is 11.9. The van der Waals surface area contributed by atoms with Crippen LogP contribution in [0.4, 0.5) is 0 Å². The zero-order valence-corrected chi connectivity index (χ0v) is 11.9. The highest BCUT2D eigenvalue weighted by atomic mass is 16.2. The van der Waals surface area contributed by atoms with Gasteiger partial charge in [-0.15, -0.1) is 0 Å². The molecule has 1 saturated heterocycles. The average molecular weight is 248 g/mol. The van der Waals surface area contributed by atoms with Crippen LogP contribution in [0.15, 0.2) is 30.3 Å². The molecule has 1 fully saturated rings. The van der Waals surface area contributed by atoms with Gasteiger partial charge in [0.2, 0.25) is 5.91 Å². The van der Waals surface area contributed by atoms with Gasteiger partial charge in [-0.25, -0.2) is 0 Å². The van der Waals surface area contributed by atoms with Gasteiger partial charge in [-0.1, -0.05) is 35.9 Å². The fraction of sp³-hybridized carbons (Fsp3) is 0.533. The Balaban J connectivity index is 0.000000199. The molecule has 3 nitrogen and oxygen atoms in total. The molecule has 0 saturated carbocycles. The second kappa shape index (κ2) is 7.17. The highest BCUT2D eigenvalue weighted by molar-refractivity contribution is 5.80. The number of amides is 1. The molecule has 0 radical (unpaired) electrons. The maximum absolute atomic E-state index is 11.3. The van der Waals surface area contributed by atoms with Gasteiger partial charge in [-0.05, 0) is 27.4 Å². The van der Waals surface area contributed by atoms with E-state index in [1.54, 1.807) is 0 Å². The number of hydrogen-bond acceptors (Lipinski definition) is 2. The Morgan fingerprint density at radius 3 is 2.22 bits per heavy atom. The molecule has 1 aliphatic heterocycles. The van der Waals surface area contributed by atoms with Crippen molar-refractivity contribution in [3.05, 3.63) is 35.9 Å². The van der Waals surface area contributed by atoms with Crippen molar-refractivity contribution in [2.75, 3.05) is 34.2 Å². The van der Waals surface area contributed by atoms with Gasteiger partial charge in [0.1, 0.15) is 0 Å². The molecular weight excluding hydrogens is 224 g/mol. The van der Waals surface area contributed by atoms with Crippen LogP contribution in [0, 0.1) is 12.8 Å². The van der Waals surface area contributed by atoms with Gasteiger partial charge in [0.05, 0.1) is 5.92 Å². The predicted octanol–water partition coefficient (Wildman–Crippen LogP) is 2.02. The average Bonchev–Trinajstić information content (AvgIpc) is 2.62. The number of benzene rings is 1. The SMILES string of the molecule is CN(C)CC1CCN(C)C1=O.Cc1ccccc1. The maximum atomic E-state index is 11.3. The first kappa shape index (κ1) is 14.7. The normalized spacial score (nSPS) is 18.8. The van der Waals surface area contributed by atoms with Crippen molar-refractivity contribution in [2.24, 2.45) is 5.92 Å². The largest absolute Gasteiger partial charge is 0.345 e. The monoisotopic (exact) mass is 248 g/mol. The van der Waals surface area contributed by atoms with Gasteiger partial charge in [0.15, 0.2) is 0 Å². The third kappa shape index (κ3) is 4.88. The standard InChI is InChI=1S/C8H16N2O.C7H8/c1-9(2)6-7-4-5-10(3)8(7)11;1-7-5-3-2-4-6-7/h7H,4-6H2,1-3H3;2-6H,1H3. The third-order valence-electron chi connectivity index (χ3n) is 3.06. The first-order valence-corrected chi connectivity index (χ1v) is 6.42. The molecule has 18 heavy (non-hydrogen) atoms. The molecule has 0 spiro atoms. The van der Waals surface area contributed by atoms with Crippen LogP contribution in [0.1, 0.15) is 12.0 Å². The smallest absolute Gasteiger partial charge is 0.226 e. The summed E-state index contributed by atoms with van der Waals surface area (Å²) >= 11 is 0. The van der Waals surface area contributed by atoms with Crippen LogP contribution in [0.2, 0.25) is 0 Å². The minimum absolute atomic E-state index is 0.245. The summed E-state index contributed by atoms with van der Waals surface area (Å²) in [6.07, 6.45) is 1.02. The van der Waals surface area contributed by atoms with Gasteiger partial charge in [0.25, 0.3) is 0 Å². The molecule has 0 aliphatic carbocycles. The van der Waals surface area contributed by atoms with Crippen LogP contribution in [0.5, 0.6) is 0 Å². The van der Waals surface area contributed by atoms with Crippen LogP contribution < -0.4 is 0 Å². The van der Waals surface area contributed by atoms with E-state index in [0.29, 0.717) is 5.91 Å². The number of rotatable bonds is 2. The van der Waals surface area contributed by atoms with Gasteiger partial charge < -0.3 is 9.80 Å². The van der Waals surface area contributed by atoms with E-state index in [-0.39, 0.29) is 5.92 Å². The van der Waals surface area contributed by atoms with Gasteiger partial charge in [-0.2, -0.15) is 0 Å². The molecule has 0 bridgehead atoms. The molecule has 1 aliphatic rings.